The number of nitrogens with zero attached hydrogens (tertiary/aromatic N) is 1. The molecule has 0 aliphatic heterocycles. The van der Waals surface area contributed by atoms with E-state index >= 15 is 0 Å². The number of likely N-dealkylation sites (N-methyl/N-ethyl adjacent to an activating group) is 1. The number of hydrogen-bond acceptors (Lipinski definition) is 2. The van der Waals surface area contributed by atoms with Crippen LogP contribution in [0.5, 0.6) is 0 Å². The fraction of sp³-hybridized carbons (Fsp3) is 0.805. The van der Waals surface area contributed by atoms with Gasteiger partial charge in [0.25, 0.3) is 0 Å². The monoisotopic (exact) mass is 599 g/mol. The third-order valence-electron chi connectivity index (χ3n) is 8.50. The lowest BCUT2D eigenvalue weighted by Crippen LogP contribution is -2.34. The lowest BCUT2D eigenvalue weighted by molar-refractivity contribution is 0.359. The van der Waals surface area contributed by atoms with Crippen LogP contribution in [0.1, 0.15) is 181 Å². The van der Waals surface area contributed by atoms with Gasteiger partial charge < -0.3 is 10.2 Å². The molecule has 0 unspecified atom stereocenters. The normalized spacial score (nSPS) is 12.6. The summed E-state index contributed by atoms with van der Waals surface area (Å²) in [6.45, 7) is 6.82. The first kappa shape index (κ1) is 41.9. The summed E-state index contributed by atoms with van der Waals surface area (Å²) < 4.78 is 0. The highest BCUT2D eigenvalue weighted by atomic mass is 15.1. The Morgan fingerprint density at radius 1 is 0.442 bits per heavy atom. The van der Waals surface area contributed by atoms with Gasteiger partial charge in [-0.3, -0.25) is 0 Å². The number of unbranched alkanes of at least 4 members (excludes halogenated alkanes) is 18. The molecule has 2 nitrogen and oxygen atoms in total. The highest BCUT2D eigenvalue weighted by Gasteiger charge is 2.08. The topological polar surface area (TPSA) is 15.3 Å². The Hall–Kier alpha value is -1.12. The van der Waals surface area contributed by atoms with E-state index in [1.807, 2.05) is 0 Å². The molecule has 0 radical (unpaired) electrons. The lowest BCUT2D eigenvalue weighted by atomic mass is 9.99. The van der Waals surface area contributed by atoms with E-state index in [1.165, 1.54) is 154 Å². The van der Waals surface area contributed by atoms with Crippen molar-refractivity contribution in [3.8, 4) is 0 Å². The van der Waals surface area contributed by atoms with E-state index in [2.05, 4.69) is 86.8 Å². The molecule has 0 bridgehead atoms. The first-order valence-electron chi connectivity index (χ1n) is 19.2. The van der Waals surface area contributed by atoms with E-state index in [9.17, 15) is 0 Å². The molecule has 0 aromatic heterocycles. The van der Waals surface area contributed by atoms with Crippen LogP contribution in [0.3, 0.4) is 0 Å². The quantitative estimate of drug-likeness (QED) is 0.0585. The minimum absolute atomic E-state index is 0.719. The third-order valence-corrected chi connectivity index (χ3v) is 8.50. The molecule has 252 valence electrons. The minimum atomic E-state index is 0.719. The molecule has 0 fully saturated rings. The van der Waals surface area contributed by atoms with Gasteiger partial charge in [-0.05, 0) is 91.1 Å². The smallest absolute Gasteiger partial charge is 0.0101 e. The SMILES string of the molecule is CCCCC/C=C\C/C=C\CCCCCCCCC(CCCCCCCC/C=C\C/C=C\CCCCC)NCCN(C)C. The summed E-state index contributed by atoms with van der Waals surface area (Å²) in [5, 5.41) is 3.89. The van der Waals surface area contributed by atoms with E-state index < -0.39 is 0 Å². The molecule has 0 aliphatic rings. The van der Waals surface area contributed by atoms with Crippen LogP contribution in [0, 0.1) is 0 Å². The molecule has 0 spiro atoms. The second-order valence-corrected chi connectivity index (χ2v) is 13.2. The molecule has 0 saturated heterocycles. The van der Waals surface area contributed by atoms with Gasteiger partial charge in [0.05, 0.1) is 0 Å². The molecule has 0 aromatic carbocycles. The molecule has 43 heavy (non-hydrogen) atoms. The van der Waals surface area contributed by atoms with Crippen LogP contribution in [-0.4, -0.2) is 38.1 Å². The Morgan fingerprint density at radius 3 is 1.16 bits per heavy atom. The van der Waals surface area contributed by atoms with Gasteiger partial charge in [0.15, 0.2) is 0 Å². The summed E-state index contributed by atoms with van der Waals surface area (Å²) in [6.07, 6.45) is 53.7. The molecule has 0 aliphatic carbocycles. The number of rotatable bonds is 34. The van der Waals surface area contributed by atoms with Gasteiger partial charge in [-0.1, -0.05) is 152 Å². The van der Waals surface area contributed by atoms with Crippen LogP contribution in [-0.2, 0) is 0 Å². The molecular formula is C41H78N2. The van der Waals surface area contributed by atoms with E-state index in [0.29, 0.717) is 0 Å². The van der Waals surface area contributed by atoms with Crippen molar-refractivity contribution in [3.05, 3.63) is 48.6 Å². The number of allylic oxidation sites excluding steroid dienone is 8. The van der Waals surface area contributed by atoms with Crippen LogP contribution in [0.4, 0.5) is 0 Å². The van der Waals surface area contributed by atoms with Crippen molar-refractivity contribution in [2.45, 2.75) is 187 Å². The highest BCUT2D eigenvalue weighted by Crippen LogP contribution is 2.15. The lowest BCUT2D eigenvalue weighted by Gasteiger charge is -2.20. The number of nitrogens with one attached hydrogen (secondary N) is 1. The van der Waals surface area contributed by atoms with Crippen molar-refractivity contribution in [1.82, 2.24) is 10.2 Å². The van der Waals surface area contributed by atoms with Crippen molar-refractivity contribution in [3.63, 3.8) is 0 Å². The summed E-state index contributed by atoms with van der Waals surface area (Å²) >= 11 is 0. The van der Waals surface area contributed by atoms with Crippen LogP contribution < -0.4 is 5.32 Å². The zero-order valence-corrected chi connectivity index (χ0v) is 29.9. The van der Waals surface area contributed by atoms with Crippen molar-refractivity contribution >= 4 is 0 Å². The fourth-order valence-electron chi connectivity index (χ4n) is 5.60. The molecule has 0 saturated carbocycles. The predicted molar refractivity (Wildman–Crippen MR) is 198 cm³/mol. The summed E-state index contributed by atoms with van der Waals surface area (Å²) in [7, 11) is 4.36. The Balaban J connectivity index is 3.77. The number of hydrogen-bond donors (Lipinski definition) is 1. The largest absolute Gasteiger partial charge is 0.313 e. The molecule has 1 N–H and O–H groups in total. The molecule has 0 atom stereocenters. The van der Waals surface area contributed by atoms with Gasteiger partial charge in [-0.25, -0.2) is 0 Å². The van der Waals surface area contributed by atoms with Gasteiger partial charge in [-0.15, -0.1) is 0 Å². The van der Waals surface area contributed by atoms with E-state index in [-0.39, 0.29) is 0 Å². The van der Waals surface area contributed by atoms with Crippen LogP contribution >= 0.6 is 0 Å². The van der Waals surface area contributed by atoms with Crippen LogP contribution in [0.15, 0.2) is 48.6 Å². The van der Waals surface area contributed by atoms with E-state index in [0.717, 1.165) is 32.0 Å². The summed E-state index contributed by atoms with van der Waals surface area (Å²) in [4.78, 5) is 2.30. The van der Waals surface area contributed by atoms with Crippen LogP contribution in [0.25, 0.3) is 0 Å². The van der Waals surface area contributed by atoms with Gasteiger partial charge >= 0.3 is 0 Å². The maximum atomic E-state index is 3.89. The molecule has 0 aromatic rings. The summed E-state index contributed by atoms with van der Waals surface area (Å²) in [5.74, 6) is 0. The van der Waals surface area contributed by atoms with Gasteiger partial charge in [0.2, 0.25) is 0 Å². The highest BCUT2D eigenvalue weighted by molar-refractivity contribution is 4.93. The average Bonchev–Trinajstić information content (AvgIpc) is 3.00. The second-order valence-electron chi connectivity index (χ2n) is 13.2. The predicted octanol–water partition coefficient (Wildman–Crippen LogP) is 12.9. The molecule has 0 amide bonds. The first-order valence-corrected chi connectivity index (χ1v) is 19.2. The Kier molecular flexibility index (Phi) is 36.1. The third kappa shape index (κ3) is 37.0. The van der Waals surface area contributed by atoms with Gasteiger partial charge in [-0.2, -0.15) is 0 Å². The minimum Gasteiger partial charge on any atom is -0.313 e. The average molecular weight is 599 g/mol. The van der Waals surface area contributed by atoms with Crippen molar-refractivity contribution in [2.75, 3.05) is 27.2 Å². The molecule has 2 heteroatoms. The Bertz CT molecular complexity index is 582. The zero-order chi connectivity index (χ0) is 31.3. The van der Waals surface area contributed by atoms with Gasteiger partial charge in [0.1, 0.15) is 0 Å². The van der Waals surface area contributed by atoms with Crippen LogP contribution in [0.2, 0.25) is 0 Å². The summed E-state index contributed by atoms with van der Waals surface area (Å²) in [6, 6.07) is 0.719. The molecule has 0 heterocycles. The first-order chi connectivity index (χ1) is 21.2. The van der Waals surface area contributed by atoms with Crippen molar-refractivity contribution in [2.24, 2.45) is 0 Å². The van der Waals surface area contributed by atoms with Gasteiger partial charge in [0, 0.05) is 19.1 Å². The zero-order valence-electron chi connectivity index (χ0n) is 29.9. The Morgan fingerprint density at radius 2 is 0.791 bits per heavy atom. The van der Waals surface area contributed by atoms with Crippen molar-refractivity contribution < 1.29 is 0 Å². The van der Waals surface area contributed by atoms with Crippen molar-refractivity contribution in [1.29, 1.82) is 0 Å². The standard InChI is InChI=1S/C41H78N2/c1-5-7-9-11-13-15-17-19-21-23-25-27-29-31-33-35-37-41(42-39-40-43(3)4)38-36-34-32-30-28-26-24-22-20-18-16-14-12-10-8-6-2/h13-16,19-22,41-42H,5-12,17-18,23-40H2,1-4H3/b15-13-,16-14-,21-19-,22-20-. The summed E-state index contributed by atoms with van der Waals surface area (Å²) in [5.41, 5.74) is 0. The van der Waals surface area contributed by atoms with E-state index in [4.69, 9.17) is 0 Å². The molecule has 0 rings (SSSR count). The Labute approximate surface area is 272 Å². The maximum Gasteiger partial charge on any atom is 0.0101 e. The fourth-order valence-corrected chi connectivity index (χ4v) is 5.60. The van der Waals surface area contributed by atoms with E-state index in [1.54, 1.807) is 0 Å². The second kappa shape index (κ2) is 37.1. The molecular weight excluding hydrogens is 520 g/mol. The maximum absolute atomic E-state index is 3.89.